The molecule has 2 heterocycles. The van der Waals surface area contributed by atoms with Crippen molar-refractivity contribution in [3.8, 4) is 0 Å². The third-order valence-corrected chi connectivity index (χ3v) is 5.37. The molecule has 0 spiro atoms. The summed E-state index contributed by atoms with van der Waals surface area (Å²) >= 11 is 1.75. The number of ether oxygens (including phenoxy) is 1. The van der Waals surface area contributed by atoms with Crippen LogP contribution in [0, 0.1) is 6.92 Å². The van der Waals surface area contributed by atoms with Crippen molar-refractivity contribution < 1.29 is 4.74 Å². The average Bonchev–Trinajstić information content (AvgIpc) is 3.12. The van der Waals surface area contributed by atoms with Gasteiger partial charge in [0.05, 0.1) is 24.8 Å². The topological polar surface area (TPSA) is 61.8 Å². The smallest absolute Gasteiger partial charge is 0.191 e. The number of anilines is 1. The van der Waals surface area contributed by atoms with Crippen LogP contribution in [0.4, 0.5) is 5.69 Å². The number of benzene rings is 1. The maximum Gasteiger partial charge on any atom is 0.191 e. The molecule has 0 atom stereocenters. The van der Waals surface area contributed by atoms with Gasteiger partial charge in [0.2, 0.25) is 0 Å². The van der Waals surface area contributed by atoms with Crippen molar-refractivity contribution in [3.05, 3.63) is 45.9 Å². The Morgan fingerprint density at radius 2 is 2.07 bits per heavy atom. The fraction of sp³-hybridized carbons (Fsp3) is 0.500. The Hall–Kier alpha value is -2.12. The summed E-state index contributed by atoms with van der Waals surface area (Å²) in [7, 11) is 0. The summed E-state index contributed by atoms with van der Waals surface area (Å²) in [6.45, 7) is 9.94. The normalized spacial score (nSPS) is 15.0. The molecule has 0 unspecified atom stereocenters. The van der Waals surface area contributed by atoms with E-state index in [4.69, 9.17) is 9.73 Å². The van der Waals surface area contributed by atoms with Gasteiger partial charge in [-0.15, -0.1) is 11.3 Å². The van der Waals surface area contributed by atoms with Gasteiger partial charge in [0, 0.05) is 49.4 Å². The van der Waals surface area contributed by atoms with E-state index in [2.05, 4.69) is 58.6 Å². The van der Waals surface area contributed by atoms with Gasteiger partial charge in [-0.2, -0.15) is 0 Å². The molecule has 0 radical (unpaired) electrons. The molecule has 27 heavy (non-hydrogen) atoms. The van der Waals surface area contributed by atoms with Gasteiger partial charge in [0.1, 0.15) is 0 Å². The third kappa shape index (κ3) is 5.94. The summed E-state index contributed by atoms with van der Waals surface area (Å²) in [5, 5.41) is 7.91. The summed E-state index contributed by atoms with van der Waals surface area (Å²) < 4.78 is 5.48. The molecule has 2 aromatic rings. The van der Waals surface area contributed by atoms with E-state index in [0.29, 0.717) is 6.54 Å². The van der Waals surface area contributed by atoms with Crippen molar-refractivity contribution in [2.45, 2.75) is 26.8 Å². The van der Waals surface area contributed by atoms with Crippen LogP contribution in [0.1, 0.15) is 22.4 Å². The summed E-state index contributed by atoms with van der Waals surface area (Å²) in [6.07, 6.45) is 2.84. The number of guanidine groups is 1. The minimum atomic E-state index is 0.652. The Labute approximate surface area is 165 Å². The number of aromatic nitrogens is 1. The largest absolute Gasteiger partial charge is 0.378 e. The summed E-state index contributed by atoms with van der Waals surface area (Å²) in [4.78, 5) is 12.9. The number of nitrogens with one attached hydrogen (secondary N) is 2. The highest BCUT2D eigenvalue weighted by atomic mass is 32.1. The third-order valence-electron chi connectivity index (χ3n) is 4.40. The van der Waals surface area contributed by atoms with Crippen LogP contribution >= 0.6 is 11.3 Å². The maximum atomic E-state index is 5.48. The Morgan fingerprint density at radius 3 is 2.81 bits per heavy atom. The molecule has 3 rings (SSSR count). The molecule has 1 aromatic heterocycles. The quantitative estimate of drug-likeness (QED) is 0.565. The van der Waals surface area contributed by atoms with Crippen molar-refractivity contribution in [2.24, 2.45) is 4.99 Å². The molecule has 1 saturated heterocycles. The lowest BCUT2D eigenvalue weighted by Gasteiger charge is -2.30. The van der Waals surface area contributed by atoms with E-state index in [0.717, 1.165) is 56.8 Å². The Bertz CT molecular complexity index is 739. The van der Waals surface area contributed by atoms with Gasteiger partial charge in [0.25, 0.3) is 0 Å². The second-order valence-corrected chi connectivity index (χ2v) is 7.78. The van der Waals surface area contributed by atoms with Gasteiger partial charge >= 0.3 is 0 Å². The molecule has 1 aliphatic rings. The molecule has 2 N–H and O–H groups in total. The van der Waals surface area contributed by atoms with E-state index in [1.54, 1.807) is 11.3 Å². The highest BCUT2D eigenvalue weighted by molar-refractivity contribution is 7.11. The predicted molar refractivity (Wildman–Crippen MR) is 113 cm³/mol. The lowest BCUT2D eigenvalue weighted by atomic mass is 10.1. The van der Waals surface area contributed by atoms with E-state index >= 15 is 0 Å². The zero-order valence-electron chi connectivity index (χ0n) is 16.2. The van der Waals surface area contributed by atoms with Gasteiger partial charge in [0.15, 0.2) is 5.96 Å². The van der Waals surface area contributed by atoms with Crippen LogP contribution in [0.2, 0.25) is 0 Å². The van der Waals surface area contributed by atoms with Crippen molar-refractivity contribution in [3.63, 3.8) is 0 Å². The number of thiazole rings is 1. The van der Waals surface area contributed by atoms with Crippen LogP contribution in [0.25, 0.3) is 0 Å². The monoisotopic (exact) mass is 387 g/mol. The fourth-order valence-electron chi connectivity index (χ4n) is 3.07. The van der Waals surface area contributed by atoms with Crippen LogP contribution in [-0.2, 0) is 17.7 Å². The van der Waals surface area contributed by atoms with Crippen molar-refractivity contribution in [1.82, 2.24) is 15.6 Å². The maximum absolute atomic E-state index is 5.48. The van der Waals surface area contributed by atoms with Crippen LogP contribution in [0.15, 0.2) is 35.5 Å². The molecule has 1 fully saturated rings. The van der Waals surface area contributed by atoms with Crippen LogP contribution < -0.4 is 15.5 Å². The molecular formula is C20H29N5OS. The van der Waals surface area contributed by atoms with E-state index in [1.807, 2.05) is 6.20 Å². The molecule has 0 amide bonds. The number of rotatable bonds is 7. The van der Waals surface area contributed by atoms with Crippen LogP contribution in [0.5, 0.6) is 0 Å². The molecule has 146 valence electrons. The molecule has 0 bridgehead atoms. The zero-order valence-corrected chi connectivity index (χ0v) is 17.0. The molecule has 1 aliphatic heterocycles. The second kappa shape index (κ2) is 10.3. The van der Waals surface area contributed by atoms with E-state index in [-0.39, 0.29) is 0 Å². The van der Waals surface area contributed by atoms with E-state index in [1.165, 1.54) is 16.1 Å². The Morgan fingerprint density at radius 1 is 1.26 bits per heavy atom. The van der Waals surface area contributed by atoms with Gasteiger partial charge < -0.3 is 20.3 Å². The molecule has 6 nitrogen and oxygen atoms in total. The van der Waals surface area contributed by atoms with Crippen LogP contribution in [0.3, 0.4) is 0 Å². The van der Waals surface area contributed by atoms with Crippen LogP contribution in [-0.4, -0.2) is 50.3 Å². The first-order chi connectivity index (χ1) is 13.3. The molecule has 0 aliphatic carbocycles. The minimum Gasteiger partial charge on any atom is -0.378 e. The highest BCUT2D eigenvalue weighted by Crippen LogP contribution is 2.22. The lowest BCUT2D eigenvalue weighted by molar-refractivity contribution is 0.122. The zero-order chi connectivity index (χ0) is 18.9. The van der Waals surface area contributed by atoms with Gasteiger partial charge in [-0.25, -0.2) is 9.98 Å². The number of hydrogen-bond acceptors (Lipinski definition) is 5. The molecular weight excluding hydrogens is 358 g/mol. The molecule has 7 heteroatoms. The standard InChI is InChI=1S/C20H29N5OS/c1-3-21-20(22-9-8-19-23-14-16(2)27-19)24-15-17-6-4-5-7-18(17)25-10-12-26-13-11-25/h4-7,14H,3,8-13,15H2,1-2H3,(H2,21,22,24). The van der Waals surface area contributed by atoms with Gasteiger partial charge in [-0.1, -0.05) is 18.2 Å². The number of para-hydroxylation sites is 1. The number of hydrogen-bond donors (Lipinski definition) is 2. The van der Waals surface area contributed by atoms with Crippen molar-refractivity contribution >= 4 is 23.0 Å². The molecule has 0 saturated carbocycles. The second-order valence-electron chi connectivity index (χ2n) is 6.46. The van der Waals surface area contributed by atoms with Gasteiger partial charge in [-0.05, 0) is 25.5 Å². The molecule has 1 aromatic carbocycles. The number of aryl methyl sites for hydroxylation is 1. The fourth-order valence-corrected chi connectivity index (χ4v) is 3.85. The van der Waals surface area contributed by atoms with E-state index < -0.39 is 0 Å². The minimum absolute atomic E-state index is 0.652. The first-order valence-corrected chi connectivity index (χ1v) is 10.4. The first kappa shape index (κ1) is 19.6. The highest BCUT2D eigenvalue weighted by Gasteiger charge is 2.14. The van der Waals surface area contributed by atoms with Gasteiger partial charge in [-0.3, -0.25) is 0 Å². The number of aliphatic imine (C=N–C) groups is 1. The Balaban J connectivity index is 1.60. The summed E-state index contributed by atoms with van der Waals surface area (Å²) in [5.74, 6) is 0.850. The lowest BCUT2D eigenvalue weighted by Crippen LogP contribution is -2.38. The summed E-state index contributed by atoms with van der Waals surface area (Å²) in [6, 6.07) is 8.52. The van der Waals surface area contributed by atoms with E-state index in [9.17, 15) is 0 Å². The Kier molecular flexibility index (Phi) is 7.47. The number of morpholine rings is 1. The van der Waals surface area contributed by atoms with Crippen molar-refractivity contribution in [1.29, 1.82) is 0 Å². The summed E-state index contributed by atoms with van der Waals surface area (Å²) in [5.41, 5.74) is 2.51. The average molecular weight is 388 g/mol. The number of nitrogens with zero attached hydrogens (tertiary/aromatic N) is 3. The van der Waals surface area contributed by atoms with Crippen molar-refractivity contribution in [2.75, 3.05) is 44.3 Å². The predicted octanol–water partition coefficient (Wildman–Crippen LogP) is 2.59. The SMILES string of the molecule is CCNC(=NCc1ccccc1N1CCOCC1)NCCc1ncc(C)s1. The first-order valence-electron chi connectivity index (χ1n) is 9.60.